The smallest absolute Gasteiger partial charge is 0.119 e. The number of benzene rings is 2. The summed E-state index contributed by atoms with van der Waals surface area (Å²) in [5.74, 6) is 0.930. The van der Waals surface area contributed by atoms with Crippen LogP contribution in [0.2, 0.25) is 0 Å². The Morgan fingerprint density at radius 1 is 1.00 bits per heavy atom. The standard InChI is InChI=1S/C18H21N3O/c1-14-12-17-18(13-15(14)2)21(20-19-17)10-6-7-11-22-16-8-4-3-5-9-16/h3-5,8-9,12-13H,6-7,10-11H2,1-2H3. The molecule has 0 N–H and O–H groups in total. The highest BCUT2D eigenvalue weighted by molar-refractivity contribution is 5.76. The van der Waals surface area contributed by atoms with Crippen molar-refractivity contribution in [2.45, 2.75) is 33.2 Å². The van der Waals surface area contributed by atoms with Gasteiger partial charge in [0.25, 0.3) is 0 Å². The Balaban J connectivity index is 1.53. The maximum Gasteiger partial charge on any atom is 0.119 e. The van der Waals surface area contributed by atoms with Crippen molar-refractivity contribution >= 4 is 11.0 Å². The van der Waals surface area contributed by atoms with Gasteiger partial charge in [-0.05, 0) is 62.1 Å². The molecule has 3 aromatic rings. The summed E-state index contributed by atoms with van der Waals surface area (Å²) in [4.78, 5) is 0. The molecule has 0 aliphatic heterocycles. The van der Waals surface area contributed by atoms with Gasteiger partial charge in [0, 0.05) is 6.54 Å². The highest BCUT2D eigenvalue weighted by atomic mass is 16.5. The number of ether oxygens (including phenoxy) is 1. The van der Waals surface area contributed by atoms with Crippen molar-refractivity contribution in [1.82, 2.24) is 15.0 Å². The minimum absolute atomic E-state index is 0.731. The SMILES string of the molecule is Cc1cc2nnn(CCCCOc3ccccc3)c2cc1C. The van der Waals surface area contributed by atoms with Gasteiger partial charge in [-0.3, -0.25) is 0 Å². The van der Waals surface area contributed by atoms with Crippen LogP contribution in [0.1, 0.15) is 24.0 Å². The Hall–Kier alpha value is -2.36. The molecule has 0 spiro atoms. The predicted molar refractivity (Wildman–Crippen MR) is 88.2 cm³/mol. The van der Waals surface area contributed by atoms with Gasteiger partial charge < -0.3 is 4.74 Å². The van der Waals surface area contributed by atoms with E-state index < -0.39 is 0 Å². The summed E-state index contributed by atoms with van der Waals surface area (Å²) < 4.78 is 7.69. The van der Waals surface area contributed by atoms with Crippen molar-refractivity contribution in [2.75, 3.05) is 6.61 Å². The summed E-state index contributed by atoms with van der Waals surface area (Å²) in [7, 11) is 0. The molecule has 0 radical (unpaired) electrons. The van der Waals surface area contributed by atoms with Gasteiger partial charge >= 0.3 is 0 Å². The van der Waals surface area contributed by atoms with Gasteiger partial charge in [0.2, 0.25) is 0 Å². The van der Waals surface area contributed by atoms with Crippen LogP contribution in [-0.4, -0.2) is 21.6 Å². The predicted octanol–water partition coefficient (Wildman–Crippen LogP) is 3.91. The van der Waals surface area contributed by atoms with Gasteiger partial charge in [0.05, 0.1) is 12.1 Å². The van der Waals surface area contributed by atoms with E-state index in [1.165, 1.54) is 11.1 Å². The van der Waals surface area contributed by atoms with E-state index >= 15 is 0 Å². The zero-order chi connectivity index (χ0) is 15.4. The molecular weight excluding hydrogens is 274 g/mol. The van der Waals surface area contributed by atoms with Crippen LogP contribution in [0.25, 0.3) is 11.0 Å². The molecule has 0 bridgehead atoms. The molecule has 114 valence electrons. The van der Waals surface area contributed by atoms with Crippen LogP contribution < -0.4 is 4.74 Å². The average Bonchev–Trinajstić information content (AvgIpc) is 2.91. The number of hydrogen-bond donors (Lipinski definition) is 0. The topological polar surface area (TPSA) is 39.9 Å². The number of hydrogen-bond acceptors (Lipinski definition) is 3. The van der Waals surface area contributed by atoms with Crippen LogP contribution in [-0.2, 0) is 6.54 Å². The molecule has 0 amide bonds. The third kappa shape index (κ3) is 3.27. The molecule has 0 aliphatic rings. The number of unbranched alkanes of at least 4 members (excludes halogenated alkanes) is 1. The number of rotatable bonds is 6. The Kier molecular flexibility index (Phi) is 4.37. The first-order valence-electron chi connectivity index (χ1n) is 7.72. The lowest BCUT2D eigenvalue weighted by atomic mass is 10.1. The largest absolute Gasteiger partial charge is 0.494 e. The molecule has 1 aromatic heterocycles. The second-order valence-electron chi connectivity index (χ2n) is 5.61. The van der Waals surface area contributed by atoms with Crippen LogP contribution in [0.3, 0.4) is 0 Å². The second-order valence-corrected chi connectivity index (χ2v) is 5.61. The number of para-hydroxylation sites is 1. The van der Waals surface area contributed by atoms with Gasteiger partial charge in [0.15, 0.2) is 0 Å². The van der Waals surface area contributed by atoms with Gasteiger partial charge in [-0.15, -0.1) is 5.10 Å². The van der Waals surface area contributed by atoms with E-state index in [9.17, 15) is 0 Å². The monoisotopic (exact) mass is 295 g/mol. The summed E-state index contributed by atoms with van der Waals surface area (Å²) in [5, 5.41) is 8.51. The van der Waals surface area contributed by atoms with E-state index in [0.717, 1.165) is 42.8 Å². The van der Waals surface area contributed by atoms with Crippen LogP contribution in [0.5, 0.6) is 5.75 Å². The lowest BCUT2D eigenvalue weighted by Gasteiger charge is -2.06. The fraction of sp³-hybridized carbons (Fsp3) is 0.333. The summed E-state index contributed by atoms with van der Waals surface area (Å²) in [6.07, 6.45) is 2.03. The Morgan fingerprint density at radius 3 is 2.59 bits per heavy atom. The molecule has 0 aliphatic carbocycles. The zero-order valence-electron chi connectivity index (χ0n) is 13.1. The minimum Gasteiger partial charge on any atom is -0.494 e. The number of aromatic nitrogens is 3. The average molecular weight is 295 g/mol. The van der Waals surface area contributed by atoms with Crippen LogP contribution in [0.15, 0.2) is 42.5 Å². The van der Waals surface area contributed by atoms with Gasteiger partial charge in [-0.1, -0.05) is 23.4 Å². The summed E-state index contributed by atoms with van der Waals surface area (Å²) in [5.41, 5.74) is 4.63. The molecule has 0 unspecified atom stereocenters. The minimum atomic E-state index is 0.731. The third-order valence-electron chi connectivity index (χ3n) is 3.91. The number of nitrogens with zero attached hydrogens (tertiary/aromatic N) is 3. The van der Waals surface area contributed by atoms with Crippen molar-refractivity contribution in [3.8, 4) is 5.75 Å². The molecule has 2 aromatic carbocycles. The van der Waals surface area contributed by atoms with E-state index in [0.29, 0.717) is 0 Å². The van der Waals surface area contributed by atoms with Crippen molar-refractivity contribution in [3.05, 3.63) is 53.6 Å². The van der Waals surface area contributed by atoms with E-state index in [4.69, 9.17) is 4.74 Å². The Labute approximate surface area is 130 Å². The Morgan fingerprint density at radius 2 is 1.77 bits per heavy atom. The van der Waals surface area contributed by atoms with E-state index in [1.54, 1.807) is 0 Å². The van der Waals surface area contributed by atoms with Crippen molar-refractivity contribution < 1.29 is 4.74 Å². The first-order valence-corrected chi connectivity index (χ1v) is 7.72. The third-order valence-corrected chi connectivity index (χ3v) is 3.91. The molecule has 0 saturated carbocycles. The summed E-state index contributed by atoms with van der Waals surface area (Å²) in [6.45, 7) is 5.83. The molecule has 4 heteroatoms. The maximum absolute atomic E-state index is 5.70. The number of aryl methyl sites for hydroxylation is 3. The molecular formula is C18H21N3O. The summed E-state index contributed by atoms with van der Waals surface area (Å²) >= 11 is 0. The van der Waals surface area contributed by atoms with Crippen LogP contribution in [0, 0.1) is 13.8 Å². The fourth-order valence-corrected chi connectivity index (χ4v) is 2.46. The fourth-order valence-electron chi connectivity index (χ4n) is 2.46. The van der Waals surface area contributed by atoms with E-state index in [1.807, 2.05) is 35.0 Å². The molecule has 3 rings (SSSR count). The molecule has 1 heterocycles. The normalized spacial score (nSPS) is 11.0. The van der Waals surface area contributed by atoms with E-state index in [-0.39, 0.29) is 0 Å². The zero-order valence-corrected chi connectivity index (χ0v) is 13.1. The highest BCUT2D eigenvalue weighted by Crippen LogP contribution is 2.17. The Bertz CT molecular complexity index is 750. The maximum atomic E-state index is 5.70. The van der Waals surface area contributed by atoms with Gasteiger partial charge in [0.1, 0.15) is 11.3 Å². The summed E-state index contributed by atoms with van der Waals surface area (Å²) in [6, 6.07) is 14.2. The van der Waals surface area contributed by atoms with Crippen molar-refractivity contribution in [3.63, 3.8) is 0 Å². The number of fused-ring (bicyclic) bond motifs is 1. The van der Waals surface area contributed by atoms with Crippen molar-refractivity contribution in [1.29, 1.82) is 0 Å². The molecule has 0 saturated heterocycles. The van der Waals surface area contributed by atoms with Crippen LogP contribution >= 0.6 is 0 Å². The quantitative estimate of drug-likeness (QED) is 0.647. The van der Waals surface area contributed by atoms with Crippen LogP contribution in [0.4, 0.5) is 0 Å². The van der Waals surface area contributed by atoms with E-state index in [2.05, 4.69) is 36.3 Å². The first kappa shape index (κ1) is 14.6. The molecule has 4 nitrogen and oxygen atoms in total. The van der Waals surface area contributed by atoms with Crippen molar-refractivity contribution in [2.24, 2.45) is 0 Å². The lowest BCUT2D eigenvalue weighted by molar-refractivity contribution is 0.302. The highest BCUT2D eigenvalue weighted by Gasteiger charge is 2.06. The van der Waals surface area contributed by atoms with Gasteiger partial charge in [-0.25, -0.2) is 4.68 Å². The molecule has 22 heavy (non-hydrogen) atoms. The molecule has 0 atom stereocenters. The first-order chi connectivity index (χ1) is 10.7. The van der Waals surface area contributed by atoms with Gasteiger partial charge in [-0.2, -0.15) is 0 Å². The lowest BCUT2D eigenvalue weighted by Crippen LogP contribution is -2.04. The molecule has 0 fully saturated rings. The second kappa shape index (κ2) is 6.60.